The van der Waals surface area contributed by atoms with Gasteiger partial charge in [-0.05, 0) is 12.8 Å². The Balaban J connectivity index is 0.000000861. The van der Waals surface area contributed by atoms with Gasteiger partial charge in [0.25, 0.3) is 0 Å². The van der Waals surface area contributed by atoms with Gasteiger partial charge >= 0.3 is 5.69 Å². The number of hydrogen-bond donors (Lipinski definition) is 1. The fourth-order valence-corrected chi connectivity index (χ4v) is 1.76. The third-order valence-electron chi connectivity index (χ3n) is 2.57. The number of hydrogen-bond acceptors (Lipinski definition) is 5. The molecule has 0 radical (unpaired) electrons. The SMILES string of the molecule is C#COc1ccn(C2CCC(CO)O2)c(=O)n1.CF. The Morgan fingerprint density at radius 3 is 2.95 bits per heavy atom. The Hall–Kier alpha value is -1.91. The van der Waals surface area contributed by atoms with E-state index in [0.717, 1.165) is 6.42 Å². The van der Waals surface area contributed by atoms with Gasteiger partial charge in [-0.3, -0.25) is 8.96 Å². The highest BCUT2D eigenvalue weighted by atomic mass is 19.1. The van der Waals surface area contributed by atoms with Crippen LogP contribution in [0, 0.1) is 12.5 Å². The van der Waals surface area contributed by atoms with Crippen LogP contribution in [0.2, 0.25) is 0 Å². The number of alkyl halides is 1. The van der Waals surface area contributed by atoms with Crippen molar-refractivity contribution in [1.82, 2.24) is 9.55 Å². The summed E-state index contributed by atoms with van der Waals surface area (Å²) in [5.74, 6) is 0.0884. The topological polar surface area (TPSA) is 73.6 Å². The number of ether oxygens (including phenoxy) is 2. The van der Waals surface area contributed by atoms with Crippen molar-refractivity contribution in [2.45, 2.75) is 25.2 Å². The zero-order valence-electron chi connectivity index (χ0n) is 10.5. The lowest BCUT2D eigenvalue weighted by molar-refractivity contribution is -0.0246. The highest BCUT2D eigenvalue weighted by Crippen LogP contribution is 2.26. The van der Waals surface area contributed by atoms with Crippen LogP contribution >= 0.6 is 0 Å². The first-order valence-electron chi connectivity index (χ1n) is 5.60. The van der Waals surface area contributed by atoms with Crippen molar-refractivity contribution in [2.24, 2.45) is 0 Å². The van der Waals surface area contributed by atoms with E-state index in [4.69, 9.17) is 16.3 Å². The van der Waals surface area contributed by atoms with Gasteiger partial charge < -0.3 is 14.6 Å². The predicted molar refractivity (Wildman–Crippen MR) is 65.2 cm³/mol. The standard InChI is InChI=1S/C11H12N2O4.CH3F/c1-2-16-9-5-6-13(11(15)12-9)10-4-3-8(7-14)17-10;1-2/h1,5-6,8,10,14H,3-4,7H2;1H3. The minimum absolute atomic E-state index is 0.0447. The van der Waals surface area contributed by atoms with Gasteiger partial charge in [0.05, 0.1) is 19.9 Å². The molecule has 1 aromatic heterocycles. The van der Waals surface area contributed by atoms with Crippen molar-refractivity contribution in [1.29, 1.82) is 0 Å². The molecule has 1 fully saturated rings. The lowest BCUT2D eigenvalue weighted by atomic mass is 10.2. The van der Waals surface area contributed by atoms with Crippen LogP contribution < -0.4 is 10.4 Å². The molecule has 0 aliphatic carbocycles. The molecule has 6 nitrogen and oxygen atoms in total. The average Bonchev–Trinajstić information content (AvgIpc) is 2.90. The summed E-state index contributed by atoms with van der Waals surface area (Å²) >= 11 is 0. The van der Waals surface area contributed by atoms with Crippen LogP contribution in [0.5, 0.6) is 5.88 Å². The Kier molecular flexibility index (Phi) is 5.99. The molecule has 2 atom stereocenters. The van der Waals surface area contributed by atoms with Gasteiger partial charge in [-0.2, -0.15) is 4.98 Å². The fraction of sp³-hybridized carbons (Fsp3) is 0.500. The number of nitrogens with zero attached hydrogens (tertiary/aromatic N) is 2. The zero-order chi connectivity index (χ0) is 14.3. The minimum Gasteiger partial charge on any atom is -0.394 e. The van der Waals surface area contributed by atoms with Crippen LogP contribution in [-0.4, -0.2) is 34.5 Å². The largest absolute Gasteiger partial charge is 0.394 e. The quantitative estimate of drug-likeness (QED) is 0.808. The first-order valence-corrected chi connectivity index (χ1v) is 5.60. The molecule has 1 aliphatic rings. The lowest BCUT2D eigenvalue weighted by Crippen LogP contribution is -2.27. The van der Waals surface area contributed by atoms with Gasteiger partial charge in [-0.25, -0.2) is 4.79 Å². The third kappa shape index (κ3) is 3.77. The van der Waals surface area contributed by atoms with Gasteiger partial charge in [0.1, 0.15) is 12.3 Å². The van der Waals surface area contributed by atoms with E-state index in [9.17, 15) is 9.18 Å². The second-order valence-electron chi connectivity index (χ2n) is 3.65. The molecule has 1 N–H and O–H groups in total. The summed E-state index contributed by atoms with van der Waals surface area (Å²) in [5.41, 5.74) is -0.485. The number of aromatic nitrogens is 2. The summed E-state index contributed by atoms with van der Waals surface area (Å²) in [7, 11) is 0.500. The Bertz CT molecular complexity index is 497. The molecule has 2 rings (SSSR count). The normalized spacial score (nSPS) is 21.2. The Morgan fingerprint density at radius 2 is 2.42 bits per heavy atom. The van der Waals surface area contributed by atoms with E-state index in [0.29, 0.717) is 13.6 Å². The lowest BCUT2D eigenvalue weighted by Gasteiger charge is -2.14. The fourth-order valence-electron chi connectivity index (χ4n) is 1.76. The molecule has 0 spiro atoms. The van der Waals surface area contributed by atoms with Crippen molar-refractivity contribution >= 4 is 0 Å². The van der Waals surface area contributed by atoms with Crippen LogP contribution in [0.15, 0.2) is 17.1 Å². The highest BCUT2D eigenvalue weighted by molar-refractivity contribution is 5.08. The van der Waals surface area contributed by atoms with Crippen molar-refractivity contribution in [3.8, 4) is 18.4 Å². The maximum Gasteiger partial charge on any atom is 0.353 e. The van der Waals surface area contributed by atoms with Crippen molar-refractivity contribution in [3.63, 3.8) is 0 Å². The van der Waals surface area contributed by atoms with Gasteiger partial charge in [-0.1, -0.05) is 6.42 Å². The summed E-state index contributed by atoms with van der Waals surface area (Å²) in [6.45, 7) is -0.0447. The molecule has 2 unspecified atom stereocenters. The van der Waals surface area contributed by atoms with Gasteiger partial charge in [-0.15, -0.1) is 0 Å². The van der Waals surface area contributed by atoms with E-state index in [-0.39, 0.29) is 24.8 Å². The number of halogens is 1. The molecular formula is C12H15FN2O4. The molecule has 2 heterocycles. The van der Waals surface area contributed by atoms with Crippen molar-refractivity contribution in [3.05, 3.63) is 22.7 Å². The molecule has 0 saturated carbocycles. The maximum absolute atomic E-state index is 11.7. The van der Waals surface area contributed by atoms with Crippen LogP contribution in [-0.2, 0) is 4.74 Å². The molecule has 1 aromatic rings. The van der Waals surface area contributed by atoms with E-state index in [1.165, 1.54) is 16.8 Å². The minimum atomic E-state index is -0.485. The smallest absolute Gasteiger partial charge is 0.353 e. The third-order valence-corrected chi connectivity index (χ3v) is 2.57. The van der Waals surface area contributed by atoms with Crippen LogP contribution in [0.3, 0.4) is 0 Å². The zero-order valence-corrected chi connectivity index (χ0v) is 10.5. The van der Waals surface area contributed by atoms with Gasteiger partial charge in [0.2, 0.25) is 5.88 Å². The van der Waals surface area contributed by atoms with E-state index >= 15 is 0 Å². The summed E-state index contributed by atoms with van der Waals surface area (Å²) in [6.07, 6.45) is 9.19. The Labute approximate surface area is 109 Å². The second-order valence-corrected chi connectivity index (χ2v) is 3.65. The van der Waals surface area contributed by atoms with Crippen LogP contribution in [0.4, 0.5) is 4.39 Å². The highest BCUT2D eigenvalue weighted by Gasteiger charge is 2.26. The summed E-state index contributed by atoms with van der Waals surface area (Å²) in [6, 6.07) is 1.50. The van der Waals surface area contributed by atoms with E-state index in [1.54, 1.807) is 0 Å². The molecule has 1 aliphatic heterocycles. The van der Waals surface area contributed by atoms with E-state index in [2.05, 4.69) is 9.72 Å². The van der Waals surface area contributed by atoms with Crippen molar-refractivity contribution in [2.75, 3.05) is 13.8 Å². The molecule has 104 valence electrons. The second kappa shape index (κ2) is 7.51. The Morgan fingerprint density at radius 1 is 1.68 bits per heavy atom. The molecule has 1 saturated heterocycles. The number of rotatable bonds is 3. The molecular weight excluding hydrogens is 255 g/mol. The molecule has 19 heavy (non-hydrogen) atoms. The van der Waals surface area contributed by atoms with E-state index in [1.807, 2.05) is 6.11 Å². The monoisotopic (exact) mass is 270 g/mol. The van der Waals surface area contributed by atoms with Crippen LogP contribution in [0.25, 0.3) is 0 Å². The van der Waals surface area contributed by atoms with Crippen molar-refractivity contribution < 1.29 is 19.0 Å². The van der Waals surface area contributed by atoms with Crippen LogP contribution in [0.1, 0.15) is 19.1 Å². The average molecular weight is 270 g/mol. The molecule has 0 aromatic carbocycles. The molecule has 0 bridgehead atoms. The van der Waals surface area contributed by atoms with E-state index < -0.39 is 5.69 Å². The molecule has 0 amide bonds. The van der Waals surface area contributed by atoms with Gasteiger partial charge in [0, 0.05) is 12.3 Å². The summed E-state index contributed by atoms with van der Waals surface area (Å²) in [5, 5.41) is 8.94. The predicted octanol–water partition coefficient (Wildman–Crippen LogP) is 0.468. The summed E-state index contributed by atoms with van der Waals surface area (Å²) in [4.78, 5) is 15.3. The first-order chi connectivity index (χ1) is 9.24. The number of aliphatic hydroxyl groups is 1. The maximum atomic E-state index is 11.7. The number of aliphatic hydroxyl groups excluding tert-OH is 1. The van der Waals surface area contributed by atoms with Gasteiger partial charge in [0.15, 0.2) is 0 Å². The molecule has 7 heteroatoms. The number of terminal acetylenes is 1. The summed E-state index contributed by atoms with van der Waals surface area (Å²) < 4.78 is 21.0. The first kappa shape index (κ1) is 15.1.